The van der Waals surface area contributed by atoms with Gasteiger partial charge in [-0.1, -0.05) is 29.8 Å². The van der Waals surface area contributed by atoms with E-state index < -0.39 is 10.0 Å². The van der Waals surface area contributed by atoms with E-state index in [-0.39, 0.29) is 16.5 Å². The molecule has 0 saturated heterocycles. The zero-order chi connectivity index (χ0) is 23.1. The third-order valence-corrected chi connectivity index (χ3v) is 6.10. The van der Waals surface area contributed by atoms with Crippen LogP contribution in [-0.2, 0) is 14.8 Å². The zero-order valence-electron chi connectivity index (χ0n) is 17.3. The lowest BCUT2D eigenvalue weighted by Crippen LogP contribution is -2.13. The summed E-state index contributed by atoms with van der Waals surface area (Å²) in [6, 6.07) is 17.6. The standard InChI is InChI=1S/C23H21ClN2O5S/c1-30-21-13-7-16(15-22(21)31-2)8-14-23(27)25-17-9-11-18(12-10-17)32(28,29)26-20-6-4-3-5-19(20)24/h3-15,26H,1-2H3,(H,25,27)/b14-8+. The molecule has 7 nitrogen and oxygen atoms in total. The Morgan fingerprint density at radius 3 is 2.28 bits per heavy atom. The molecule has 0 aromatic heterocycles. The number of carbonyl (C=O) groups excluding carboxylic acids is 1. The molecule has 0 heterocycles. The fraction of sp³-hybridized carbons (Fsp3) is 0.0870. The fourth-order valence-electron chi connectivity index (χ4n) is 2.78. The van der Waals surface area contributed by atoms with E-state index in [4.69, 9.17) is 21.1 Å². The molecule has 0 radical (unpaired) electrons. The van der Waals surface area contributed by atoms with Gasteiger partial charge in [-0.2, -0.15) is 0 Å². The van der Waals surface area contributed by atoms with Gasteiger partial charge in [-0.15, -0.1) is 0 Å². The van der Waals surface area contributed by atoms with Crippen LogP contribution in [0, 0.1) is 0 Å². The van der Waals surface area contributed by atoms with Crippen molar-refractivity contribution in [2.24, 2.45) is 0 Å². The minimum Gasteiger partial charge on any atom is -0.493 e. The van der Waals surface area contributed by atoms with E-state index in [2.05, 4.69) is 10.0 Å². The summed E-state index contributed by atoms with van der Waals surface area (Å²) in [5, 5.41) is 2.98. The van der Waals surface area contributed by atoms with E-state index in [1.807, 2.05) is 0 Å². The molecule has 0 aliphatic carbocycles. The van der Waals surface area contributed by atoms with Crippen molar-refractivity contribution >= 4 is 45.0 Å². The highest BCUT2D eigenvalue weighted by Gasteiger charge is 2.15. The van der Waals surface area contributed by atoms with E-state index in [9.17, 15) is 13.2 Å². The number of hydrogen-bond acceptors (Lipinski definition) is 5. The van der Waals surface area contributed by atoms with Crippen LogP contribution in [-0.4, -0.2) is 28.5 Å². The summed E-state index contributed by atoms with van der Waals surface area (Å²) in [6.07, 6.45) is 2.99. The summed E-state index contributed by atoms with van der Waals surface area (Å²) >= 11 is 6.01. The Bertz CT molecular complexity index is 1240. The van der Waals surface area contributed by atoms with Crippen LogP contribution in [0.4, 0.5) is 11.4 Å². The minimum absolute atomic E-state index is 0.0382. The molecule has 3 aromatic rings. The quantitative estimate of drug-likeness (QED) is 0.459. The highest BCUT2D eigenvalue weighted by atomic mass is 35.5. The van der Waals surface area contributed by atoms with Crippen molar-refractivity contribution in [1.29, 1.82) is 0 Å². The number of carbonyl (C=O) groups is 1. The molecule has 3 aromatic carbocycles. The van der Waals surface area contributed by atoms with Gasteiger partial charge in [0.15, 0.2) is 11.5 Å². The summed E-state index contributed by atoms with van der Waals surface area (Å²) in [5.41, 5.74) is 1.49. The Morgan fingerprint density at radius 1 is 0.938 bits per heavy atom. The summed E-state index contributed by atoms with van der Waals surface area (Å²) in [4.78, 5) is 12.3. The third-order valence-electron chi connectivity index (χ3n) is 4.39. The van der Waals surface area contributed by atoms with Crippen LogP contribution < -0.4 is 19.5 Å². The summed E-state index contributed by atoms with van der Waals surface area (Å²) < 4.78 is 38.0. The molecule has 0 aliphatic rings. The van der Waals surface area contributed by atoms with E-state index in [1.54, 1.807) is 55.7 Å². The molecule has 0 unspecified atom stereocenters. The zero-order valence-corrected chi connectivity index (χ0v) is 18.9. The molecule has 0 fully saturated rings. The molecular formula is C23H21ClN2O5S. The number of para-hydroxylation sites is 1. The van der Waals surface area contributed by atoms with Gasteiger partial charge >= 0.3 is 0 Å². The largest absolute Gasteiger partial charge is 0.493 e. The average molecular weight is 473 g/mol. The van der Waals surface area contributed by atoms with Crippen molar-refractivity contribution in [2.45, 2.75) is 4.90 Å². The van der Waals surface area contributed by atoms with Crippen molar-refractivity contribution in [3.63, 3.8) is 0 Å². The Hall–Kier alpha value is -3.49. The number of nitrogens with one attached hydrogen (secondary N) is 2. The predicted octanol–water partition coefficient (Wildman–Crippen LogP) is 4.81. The van der Waals surface area contributed by atoms with Gasteiger partial charge in [-0.3, -0.25) is 9.52 Å². The van der Waals surface area contributed by atoms with E-state index in [0.29, 0.717) is 22.2 Å². The number of amides is 1. The molecule has 9 heteroatoms. The summed E-state index contributed by atoms with van der Waals surface area (Å²) in [6.45, 7) is 0. The summed E-state index contributed by atoms with van der Waals surface area (Å²) in [7, 11) is -0.744. The van der Waals surface area contributed by atoms with E-state index in [1.165, 1.54) is 37.5 Å². The second kappa shape index (κ2) is 10.2. The molecule has 166 valence electrons. The summed E-state index contributed by atoms with van der Waals surface area (Å²) in [5.74, 6) is 0.773. The molecule has 3 rings (SSSR count). The van der Waals surface area contributed by atoms with Gasteiger partial charge in [0, 0.05) is 11.8 Å². The van der Waals surface area contributed by atoms with Gasteiger partial charge in [0.25, 0.3) is 10.0 Å². The van der Waals surface area contributed by atoms with Gasteiger partial charge in [0.05, 0.1) is 29.8 Å². The Balaban J connectivity index is 1.66. The number of methoxy groups -OCH3 is 2. The maximum Gasteiger partial charge on any atom is 0.261 e. The maximum atomic E-state index is 12.6. The van der Waals surface area contributed by atoms with Crippen molar-refractivity contribution in [3.05, 3.63) is 83.4 Å². The number of rotatable bonds is 8. The minimum atomic E-state index is -3.82. The van der Waals surface area contributed by atoms with Crippen LogP contribution in [0.1, 0.15) is 5.56 Å². The first-order valence-corrected chi connectivity index (χ1v) is 11.3. The molecule has 2 N–H and O–H groups in total. The van der Waals surface area contributed by atoms with Crippen molar-refractivity contribution in [2.75, 3.05) is 24.3 Å². The number of sulfonamides is 1. The van der Waals surface area contributed by atoms with Gasteiger partial charge in [0.1, 0.15) is 0 Å². The molecule has 0 aliphatic heterocycles. The lowest BCUT2D eigenvalue weighted by Gasteiger charge is -2.10. The van der Waals surface area contributed by atoms with Gasteiger partial charge in [-0.25, -0.2) is 8.42 Å². The highest BCUT2D eigenvalue weighted by Crippen LogP contribution is 2.28. The third kappa shape index (κ3) is 5.81. The number of ether oxygens (including phenoxy) is 2. The first kappa shape index (κ1) is 23.2. The number of anilines is 2. The fourth-order valence-corrected chi connectivity index (χ4v) is 4.10. The van der Waals surface area contributed by atoms with Crippen LogP contribution in [0.25, 0.3) is 6.08 Å². The molecular weight excluding hydrogens is 452 g/mol. The molecule has 0 spiro atoms. The van der Waals surface area contributed by atoms with Crippen LogP contribution in [0.2, 0.25) is 5.02 Å². The predicted molar refractivity (Wildman–Crippen MR) is 126 cm³/mol. The molecule has 0 atom stereocenters. The molecule has 0 saturated carbocycles. The Labute approximate surface area is 191 Å². The van der Waals surface area contributed by atoms with E-state index >= 15 is 0 Å². The maximum absolute atomic E-state index is 12.6. The van der Waals surface area contributed by atoms with Crippen LogP contribution in [0.15, 0.2) is 77.7 Å². The lowest BCUT2D eigenvalue weighted by molar-refractivity contribution is -0.111. The van der Waals surface area contributed by atoms with E-state index in [0.717, 1.165) is 5.56 Å². The van der Waals surface area contributed by atoms with Gasteiger partial charge in [-0.05, 0) is 60.2 Å². The van der Waals surface area contributed by atoms with Crippen LogP contribution >= 0.6 is 11.6 Å². The molecule has 1 amide bonds. The van der Waals surface area contributed by atoms with Crippen molar-refractivity contribution in [1.82, 2.24) is 0 Å². The Morgan fingerprint density at radius 2 is 1.62 bits per heavy atom. The lowest BCUT2D eigenvalue weighted by atomic mass is 10.2. The molecule has 0 bridgehead atoms. The highest BCUT2D eigenvalue weighted by molar-refractivity contribution is 7.92. The number of halogens is 1. The van der Waals surface area contributed by atoms with Crippen LogP contribution in [0.5, 0.6) is 11.5 Å². The first-order valence-electron chi connectivity index (χ1n) is 9.41. The van der Waals surface area contributed by atoms with Gasteiger partial charge < -0.3 is 14.8 Å². The normalized spacial score (nSPS) is 11.2. The Kier molecular flexibility index (Phi) is 7.40. The second-order valence-electron chi connectivity index (χ2n) is 6.55. The smallest absolute Gasteiger partial charge is 0.261 e. The van der Waals surface area contributed by atoms with Crippen molar-refractivity contribution < 1.29 is 22.7 Å². The second-order valence-corrected chi connectivity index (χ2v) is 8.64. The molecule has 32 heavy (non-hydrogen) atoms. The van der Waals surface area contributed by atoms with Gasteiger partial charge in [0.2, 0.25) is 5.91 Å². The van der Waals surface area contributed by atoms with Crippen LogP contribution in [0.3, 0.4) is 0 Å². The average Bonchev–Trinajstić information content (AvgIpc) is 2.79. The first-order chi connectivity index (χ1) is 15.3. The SMILES string of the molecule is COc1ccc(/C=C/C(=O)Nc2ccc(S(=O)(=O)Nc3ccccc3Cl)cc2)cc1OC. The number of hydrogen-bond donors (Lipinski definition) is 2. The topological polar surface area (TPSA) is 93.7 Å². The monoisotopic (exact) mass is 472 g/mol. The van der Waals surface area contributed by atoms with Crippen molar-refractivity contribution in [3.8, 4) is 11.5 Å². The number of benzene rings is 3.